The molecule has 1 aliphatic rings. The van der Waals surface area contributed by atoms with Gasteiger partial charge in [-0.25, -0.2) is 0 Å². The Morgan fingerprint density at radius 1 is 1.05 bits per heavy atom. The second-order valence-corrected chi connectivity index (χ2v) is 6.64. The van der Waals surface area contributed by atoms with Crippen molar-refractivity contribution in [1.29, 1.82) is 0 Å². The van der Waals surface area contributed by atoms with E-state index in [2.05, 4.69) is 50.3 Å². The average molecular weight is 300 g/mol. The van der Waals surface area contributed by atoms with Gasteiger partial charge in [0.15, 0.2) is 0 Å². The second-order valence-electron chi connectivity index (χ2n) is 6.64. The normalized spacial score (nSPS) is 22.3. The number of ether oxygens (including phenoxy) is 1. The third-order valence-electron chi connectivity index (χ3n) is 4.85. The molecule has 0 atom stereocenters. The maximum absolute atomic E-state index is 5.74. The number of rotatable bonds is 8. The van der Waals surface area contributed by atoms with Gasteiger partial charge in [-0.3, -0.25) is 0 Å². The van der Waals surface area contributed by atoms with Gasteiger partial charge in [-0.2, -0.15) is 0 Å². The van der Waals surface area contributed by atoms with Crippen LogP contribution in [0.2, 0.25) is 0 Å². The maximum Gasteiger partial charge on any atom is 0.0716 e. The van der Waals surface area contributed by atoms with Crippen molar-refractivity contribution in [2.24, 2.45) is 5.92 Å². The summed E-state index contributed by atoms with van der Waals surface area (Å²) in [5.74, 6) is 1.58. The molecular weight excluding hydrogens is 268 g/mol. The number of benzene rings is 1. The summed E-state index contributed by atoms with van der Waals surface area (Å²) in [5, 5.41) is 0. The maximum atomic E-state index is 5.74. The molecule has 0 spiro atoms. The van der Waals surface area contributed by atoms with E-state index in [1.165, 1.54) is 56.1 Å². The minimum Gasteiger partial charge on any atom is -0.377 e. The third-order valence-corrected chi connectivity index (χ3v) is 4.85. The summed E-state index contributed by atoms with van der Waals surface area (Å²) in [5.41, 5.74) is 2.83. The second kappa shape index (κ2) is 9.84. The molecule has 122 valence electrons. The highest BCUT2D eigenvalue weighted by Crippen LogP contribution is 2.36. The van der Waals surface area contributed by atoms with Crippen molar-refractivity contribution in [3.8, 4) is 0 Å². The lowest BCUT2D eigenvalue weighted by Gasteiger charge is -2.27. The molecule has 0 bridgehead atoms. The first-order valence-corrected chi connectivity index (χ1v) is 9.13. The molecule has 0 amide bonds. The van der Waals surface area contributed by atoms with E-state index in [4.69, 9.17) is 4.74 Å². The quantitative estimate of drug-likeness (QED) is 0.407. The van der Waals surface area contributed by atoms with Crippen molar-refractivity contribution >= 4 is 0 Å². The fraction of sp³-hybridized carbons (Fsp3) is 0.619. The Balaban J connectivity index is 1.75. The summed E-state index contributed by atoms with van der Waals surface area (Å²) in [4.78, 5) is 0. The molecule has 0 aliphatic heterocycles. The monoisotopic (exact) mass is 300 g/mol. The smallest absolute Gasteiger partial charge is 0.0716 e. The molecule has 0 radical (unpaired) electrons. The zero-order chi connectivity index (χ0) is 15.6. The van der Waals surface area contributed by atoms with Gasteiger partial charge >= 0.3 is 0 Å². The van der Waals surface area contributed by atoms with Gasteiger partial charge in [0.1, 0.15) is 0 Å². The summed E-state index contributed by atoms with van der Waals surface area (Å²) in [6, 6.07) is 9.16. The van der Waals surface area contributed by atoms with Crippen LogP contribution in [0.1, 0.15) is 75.8 Å². The molecule has 1 aliphatic carbocycles. The van der Waals surface area contributed by atoms with Gasteiger partial charge in [0.25, 0.3) is 0 Å². The SMILES string of the molecule is CC=CC1CCC(c2ccc(COCCCCC)cc2)CC1. The zero-order valence-electron chi connectivity index (χ0n) is 14.4. The Bertz CT molecular complexity index is 424. The zero-order valence-corrected chi connectivity index (χ0v) is 14.4. The van der Waals surface area contributed by atoms with Gasteiger partial charge < -0.3 is 4.74 Å². The Labute approximate surface area is 136 Å². The van der Waals surface area contributed by atoms with Crippen molar-refractivity contribution in [2.75, 3.05) is 6.61 Å². The summed E-state index contributed by atoms with van der Waals surface area (Å²) in [6.45, 7) is 6.02. The van der Waals surface area contributed by atoms with Crippen LogP contribution in [0.4, 0.5) is 0 Å². The average Bonchev–Trinajstić information content (AvgIpc) is 2.56. The molecule has 1 aromatic rings. The highest BCUT2D eigenvalue weighted by Gasteiger charge is 2.20. The first kappa shape index (κ1) is 17.3. The molecule has 1 aromatic carbocycles. The van der Waals surface area contributed by atoms with Crippen molar-refractivity contribution in [3.63, 3.8) is 0 Å². The van der Waals surface area contributed by atoms with E-state index < -0.39 is 0 Å². The summed E-state index contributed by atoms with van der Waals surface area (Å²) in [6.07, 6.45) is 13.7. The van der Waals surface area contributed by atoms with Crippen molar-refractivity contribution < 1.29 is 4.74 Å². The molecule has 0 aromatic heterocycles. The van der Waals surface area contributed by atoms with E-state index in [9.17, 15) is 0 Å². The topological polar surface area (TPSA) is 9.23 Å². The van der Waals surface area contributed by atoms with E-state index >= 15 is 0 Å². The number of hydrogen-bond acceptors (Lipinski definition) is 1. The predicted octanol–water partition coefficient (Wildman–Crippen LogP) is 6.24. The predicted molar refractivity (Wildman–Crippen MR) is 95.1 cm³/mol. The fourth-order valence-corrected chi connectivity index (χ4v) is 3.45. The van der Waals surface area contributed by atoms with Crippen LogP contribution in [-0.4, -0.2) is 6.61 Å². The van der Waals surface area contributed by atoms with E-state index in [0.29, 0.717) is 0 Å². The van der Waals surface area contributed by atoms with E-state index in [1.807, 2.05) is 0 Å². The minimum atomic E-state index is 0.762. The van der Waals surface area contributed by atoms with E-state index in [0.717, 1.165) is 25.0 Å². The highest BCUT2D eigenvalue weighted by atomic mass is 16.5. The number of unbranched alkanes of at least 4 members (excludes halogenated alkanes) is 2. The molecule has 1 saturated carbocycles. The number of allylic oxidation sites excluding steroid dienone is 2. The summed E-state index contributed by atoms with van der Waals surface area (Å²) >= 11 is 0. The largest absolute Gasteiger partial charge is 0.377 e. The Kier molecular flexibility index (Phi) is 7.73. The molecule has 2 rings (SSSR count). The van der Waals surface area contributed by atoms with Crippen LogP contribution < -0.4 is 0 Å². The Morgan fingerprint density at radius 3 is 2.41 bits per heavy atom. The molecular formula is C21H32O. The molecule has 22 heavy (non-hydrogen) atoms. The van der Waals surface area contributed by atoms with Gasteiger partial charge in [-0.1, -0.05) is 56.2 Å². The third kappa shape index (κ3) is 5.61. The molecule has 0 unspecified atom stereocenters. The van der Waals surface area contributed by atoms with Crippen LogP contribution in [0.25, 0.3) is 0 Å². The Hall–Kier alpha value is -1.08. The van der Waals surface area contributed by atoms with Crippen LogP contribution in [0.5, 0.6) is 0 Å². The summed E-state index contributed by atoms with van der Waals surface area (Å²) < 4.78 is 5.74. The van der Waals surface area contributed by atoms with Gasteiger partial charge in [0, 0.05) is 6.61 Å². The van der Waals surface area contributed by atoms with E-state index in [-0.39, 0.29) is 0 Å². The first-order chi connectivity index (χ1) is 10.8. The van der Waals surface area contributed by atoms with Crippen LogP contribution in [0, 0.1) is 5.92 Å². The first-order valence-electron chi connectivity index (χ1n) is 9.13. The fourth-order valence-electron chi connectivity index (χ4n) is 3.45. The van der Waals surface area contributed by atoms with Crippen molar-refractivity contribution in [3.05, 3.63) is 47.5 Å². The lowest BCUT2D eigenvalue weighted by Crippen LogP contribution is -2.11. The minimum absolute atomic E-state index is 0.762. The lowest BCUT2D eigenvalue weighted by atomic mass is 9.78. The van der Waals surface area contributed by atoms with Crippen LogP contribution in [0.15, 0.2) is 36.4 Å². The van der Waals surface area contributed by atoms with Crippen molar-refractivity contribution in [2.45, 2.75) is 71.3 Å². The lowest BCUT2D eigenvalue weighted by molar-refractivity contribution is 0.117. The molecule has 0 heterocycles. The van der Waals surface area contributed by atoms with Crippen LogP contribution in [0.3, 0.4) is 0 Å². The Morgan fingerprint density at radius 2 is 1.77 bits per heavy atom. The molecule has 0 N–H and O–H groups in total. The number of hydrogen-bond donors (Lipinski definition) is 0. The summed E-state index contributed by atoms with van der Waals surface area (Å²) in [7, 11) is 0. The van der Waals surface area contributed by atoms with Crippen LogP contribution >= 0.6 is 0 Å². The van der Waals surface area contributed by atoms with Gasteiger partial charge in [0.2, 0.25) is 0 Å². The van der Waals surface area contributed by atoms with E-state index in [1.54, 1.807) is 0 Å². The van der Waals surface area contributed by atoms with Gasteiger partial charge in [-0.15, -0.1) is 0 Å². The molecule has 1 heteroatoms. The highest BCUT2D eigenvalue weighted by molar-refractivity contribution is 5.25. The molecule has 1 nitrogen and oxygen atoms in total. The molecule has 1 fully saturated rings. The van der Waals surface area contributed by atoms with Crippen molar-refractivity contribution in [1.82, 2.24) is 0 Å². The van der Waals surface area contributed by atoms with Gasteiger partial charge in [-0.05, 0) is 62.0 Å². The molecule has 0 saturated heterocycles. The van der Waals surface area contributed by atoms with Crippen LogP contribution in [-0.2, 0) is 11.3 Å². The standard InChI is InChI=1S/C21H32O/c1-3-5-6-16-22-17-19-10-14-21(15-11-19)20-12-8-18(7-4-2)9-13-20/h4,7,10-11,14-15,18,20H,3,5-6,8-9,12-13,16-17H2,1-2H3. The van der Waals surface area contributed by atoms with Gasteiger partial charge in [0.05, 0.1) is 6.61 Å².